The largest absolute Gasteiger partial charge is 0.482 e. The van der Waals surface area contributed by atoms with Crippen LogP contribution < -0.4 is 4.74 Å². The van der Waals surface area contributed by atoms with Crippen LogP contribution in [0.1, 0.15) is 21.7 Å². The third-order valence-corrected chi connectivity index (χ3v) is 5.17. The molecule has 1 N–H and O–H groups in total. The SMILES string of the molecule is Cc1ccsc1CN(Cc1ccccn1)Cc1ccccc1OCC(=O)O. The van der Waals surface area contributed by atoms with E-state index in [1.54, 1.807) is 17.5 Å². The Labute approximate surface area is 162 Å². The number of hydrogen-bond donors (Lipinski definition) is 1. The highest BCUT2D eigenvalue weighted by Gasteiger charge is 2.14. The number of thiophene rings is 1. The van der Waals surface area contributed by atoms with E-state index in [0.29, 0.717) is 18.8 Å². The average Bonchev–Trinajstić information content (AvgIpc) is 3.06. The van der Waals surface area contributed by atoms with Crippen LogP contribution in [0.3, 0.4) is 0 Å². The maximum absolute atomic E-state index is 10.9. The number of hydrogen-bond acceptors (Lipinski definition) is 5. The summed E-state index contributed by atoms with van der Waals surface area (Å²) < 4.78 is 5.47. The molecule has 0 amide bonds. The van der Waals surface area contributed by atoms with Crippen LogP contribution in [0.2, 0.25) is 0 Å². The Kier molecular flexibility index (Phi) is 6.57. The highest BCUT2D eigenvalue weighted by molar-refractivity contribution is 7.10. The number of ether oxygens (including phenoxy) is 1. The van der Waals surface area contributed by atoms with Gasteiger partial charge in [-0.2, -0.15) is 0 Å². The summed E-state index contributed by atoms with van der Waals surface area (Å²) in [7, 11) is 0. The van der Waals surface area contributed by atoms with Gasteiger partial charge < -0.3 is 9.84 Å². The van der Waals surface area contributed by atoms with E-state index in [9.17, 15) is 4.79 Å². The molecule has 0 bridgehead atoms. The van der Waals surface area contributed by atoms with Crippen LogP contribution in [0.15, 0.2) is 60.1 Å². The number of nitrogens with zero attached hydrogens (tertiary/aromatic N) is 2. The van der Waals surface area contributed by atoms with Crippen molar-refractivity contribution in [2.75, 3.05) is 6.61 Å². The number of para-hydroxylation sites is 1. The number of aryl methyl sites for hydroxylation is 1. The molecule has 0 spiro atoms. The zero-order valence-electron chi connectivity index (χ0n) is 15.2. The first-order chi connectivity index (χ1) is 13.1. The summed E-state index contributed by atoms with van der Waals surface area (Å²) >= 11 is 1.75. The lowest BCUT2D eigenvalue weighted by Crippen LogP contribution is -2.23. The summed E-state index contributed by atoms with van der Waals surface area (Å²) in [6.07, 6.45) is 1.80. The quantitative estimate of drug-likeness (QED) is 0.603. The lowest BCUT2D eigenvalue weighted by molar-refractivity contribution is -0.139. The van der Waals surface area contributed by atoms with Gasteiger partial charge in [-0.3, -0.25) is 9.88 Å². The first kappa shape index (κ1) is 19.1. The van der Waals surface area contributed by atoms with Crippen molar-refractivity contribution in [1.29, 1.82) is 0 Å². The van der Waals surface area contributed by atoms with Gasteiger partial charge in [0.2, 0.25) is 0 Å². The number of carboxylic acid groups (broad SMARTS) is 1. The van der Waals surface area contributed by atoms with Crippen LogP contribution in [0.5, 0.6) is 5.75 Å². The van der Waals surface area contributed by atoms with Gasteiger partial charge in [0.05, 0.1) is 5.69 Å². The van der Waals surface area contributed by atoms with Gasteiger partial charge in [-0.05, 0) is 42.1 Å². The molecule has 5 nitrogen and oxygen atoms in total. The van der Waals surface area contributed by atoms with Crippen LogP contribution in [0, 0.1) is 6.92 Å². The maximum Gasteiger partial charge on any atom is 0.341 e. The second-order valence-corrected chi connectivity index (χ2v) is 7.28. The lowest BCUT2D eigenvalue weighted by Gasteiger charge is -2.23. The van der Waals surface area contributed by atoms with E-state index in [4.69, 9.17) is 9.84 Å². The van der Waals surface area contributed by atoms with E-state index in [2.05, 4.69) is 28.3 Å². The lowest BCUT2D eigenvalue weighted by atomic mass is 10.1. The second-order valence-electron chi connectivity index (χ2n) is 6.28. The van der Waals surface area contributed by atoms with E-state index < -0.39 is 5.97 Å². The molecule has 140 valence electrons. The Morgan fingerprint density at radius 1 is 1.11 bits per heavy atom. The zero-order valence-corrected chi connectivity index (χ0v) is 16.0. The number of rotatable bonds is 9. The molecule has 0 radical (unpaired) electrons. The average molecular weight is 382 g/mol. The second kappa shape index (κ2) is 9.30. The van der Waals surface area contributed by atoms with Crippen LogP contribution >= 0.6 is 11.3 Å². The van der Waals surface area contributed by atoms with Crippen molar-refractivity contribution in [3.63, 3.8) is 0 Å². The van der Waals surface area contributed by atoms with Crippen LogP contribution in [0.4, 0.5) is 0 Å². The smallest absolute Gasteiger partial charge is 0.341 e. The minimum atomic E-state index is -0.982. The molecule has 0 unspecified atom stereocenters. The maximum atomic E-state index is 10.9. The fourth-order valence-electron chi connectivity index (χ4n) is 2.81. The normalized spacial score (nSPS) is 10.9. The Bertz CT molecular complexity index is 880. The molecule has 2 heterocycles. The highest BCUT2D eigenvalue weighted by Crippen LogP contribution is 2.24. The monoisotopic (exact) mass is 382 g/mol. The molecule has 3 aromatic rings. The Hall–Kier alpha value is -2.70. The number of aromatic nitrogens is 1. The summed E-state index contributed by atoms with van der Waals surface area (Å²) in [6, 6.07) is 15.6. The van der Waals surface area contributed by atoms with Crippen LogP contribution in [0.25, 0.3) is 0 Å². The fourth-order valence-corrected chi connectivity index (χ4v) is 3.76. The molecule has 0 saturated heterocycles. The first-order valence-corrected chi connectivity index (χ1v) is 9.57. The summed E-state index contributed by atoms with van der Waals surface area (Å²) in [4.78, 5) is 18.9. The molecule has 2 aromatic heterocycles. The van der Waals surface area contributed by atoms with Crippen molar-refractivity contribution in [3.05, 3.63) is 81.8 Å². The van der Waals surface area contributed by atoms with Crippen molar-refractivity contribution in [1.82, 2.24) is 9.88 Å². The van der Waals surface area contributed by atoms with E-state index in [1.165, 1.54) is 10.4 Å². The number of pyridine rings is 1. The van der Waals surface area contributed by atoms with E-state index in [-0.39, 0.29) is 6.61 Å². The number of benzene rings is 1. The zero-order chi connectivity index (χ0) is 19.1. The molecular formula is C21H22N2O3S. The Morgan fingerprint density at radius 3 is 2.63 bits per heavy atom. The Balaban J connectivity index is 1.80. The Morgan fingerprint density at radius 2 is 1.93 bits per heavy atom. The van der Waals surface area contributed by atoms with Gasteiger partial charge in [0.25, 0.3) is 0 Å². The van der Waals surface area contributed by atoms with Crippen molar-refractivity contribution < 1.29 is 14.6 Å². The van der Waals surface area contributed by atoms with Gasteiger partial charge in [0.1, 0.15) is 5.75 Å². The minimum absolute atomic E-state index is 0.346. The number of carbonyl (C=O) groups is 1. The molecule has 0 aliphatic heterocycles. The van der Waals surface area contributed by atoms with Gasteiger partial charge in [0, 0.05) is 36.3 Å². The van der Waals surface area contributed by atoms with E-state index in [0.717, 1.165) is 17.8 Å². The minimum Gasteiger partial charge on any atom is -0.482 e. The van der Waals surface area contributed by atoms with Gasteiger partial charge in [-0.15, -0.1) is 11.3 Å². The fraction of sp³-hybridized carbons (Fsp3) is 0.238. The van der Waals surface area contributed by atoms with Gasteiger partial charge >= 0.3 is 5.97 Å². The summed E-state index contributed by atoms with van der Waals surface area (Å²) in [5.74, 6) is -0.377. The van der Waals surface area contributed by atoms with E-state index >= 15 is 0 Å². The van der Waals surface area contributed by atoms with Gasteiger partial charge in [-0.25, -0.2) is 4.79 Å². The highest BCUT2D eigenvalue weighted by atomic mass is 32.1. The predicted molar refractivity (Wildman–Crippen MR) is 106 cm³/mol. The standard InChI is InChI=1S/C21H22N2O3S/c1-16-9-11-27-20(16)14-23(13-18-7-4-5-10-22-18)12-17-6-2-3-8-19(17)26-15-21(24)25/h2-11H,12-15H2,1H3,(H,24,25). The third kappa shape index (κ3) is 5.64. The summed E-state index contributed by atoms with van der Waals surface area (Å²) in [5.41, 5.74) is 3.24. The molecule has 3 rings (SSSR count). The van der Waals surface area contributed by atoms with Crippen molar-refractivity contribution in [2.24, 2.45) is 0 Å². The summed E-state index contributed by atoms with van der Waals surface area (Å²) in [6.45, 7) is 3.92. The molecule has 0 aliphatic rings. The summed E-state index contributed by atoms with van der Waals surface area (Å²) in [5, 5.41) is 11.0. The number of aliphatic carboxylic acids is 1. The van der Waals surface area contributed by atoms with Crippen LogP contribution in [-0.2, 0) is 24.4 Å². The predicted octanol–water partition coefficient (Wildman–Crippen LogP) is 4.12. The topological polar surface area (TPSA) is 62.7 Å². The van der Waals surface area contributed by atoms with Crippen molar-refractivity contribution >= 4 is 17.3 Å². The van der Waals surface area contributed by atoms with Crippen molar-refractivity contribution in [3.8, 4) is 5.75 Å². The first-order valence-electron chi connectivity index (χ1n) is 8.69. The van der Waals surface area contributed by atoms with Gasteiger partial charge in [0.15, 0.2) is 6.61 Å². The molecule has 0 fully saturated rings. The molecule has 27 heavy (non-hydrogen) atoms. The molecule has 0 aliphatic carbocycles. The van der Waals surface area contributed by atoms with Crippen molar-refractivity contribution in [2.45, 2.75) is 26.6 Å². The third-order valence-electron chi connectivity index (χ3n) is 4.16. The molecule has 0 saturated carbocycles. The number of carboxylic acids is 1. The van der Waals surface area contributed by atoms with Gasteiger partial charge in [-0.1, -0.05) is 24.3 Å². The molecule has 0 atom stereocenters. The van der Waals surface area contributed by atoms with Crippen LogP contribution in [-0.4, -0.2) is 27.6 Å². The molecular weight excluding hydrogens is 360 g/mol. The molecule has 6 heteroatoms. The molecule has 1 aromatic carbocycles. The van der Waals surface area contributed by atoms with E-state index in [1.807, 2.05) is 42.5 Å².